The Kier molecular flexibility index (Phi) is 6.08. The summed E-state index contributed by atoms with van der Waals surface area (Å²) in [6, 6.07) is 10.00. The minimum absolute atomic E-state index is 0.125. The average molecular weight is 410 g/mol. The first-order chi connectivity index (χ1) is 12.9. The fraction of sp³-hybridized carbons (Fsp3) is 0.263. The van der Waals surface area contributed by atoms with Crippen molar-refractivity contribution in [2.24, 2.45) is 0 Å². The Balaban J connectivity index is 1.58. The topological polar surface area (TPSA) is 73.9 Å². The maximum atomic E-state index is 12.3. The fourth-order valence-electron chi connectivity index (χ4n) is 2.50. The molecule has 1 aliphatic rings. The van der Waals surface area contributed by atoms with Crippen molar-refractivity contribution in [2.75, 3.05) is 18.5 Å². The van der Waals surface area contributed by atoms with E-state index in [0.717, 1.165) is 0 Å². The van der Waals surface area contributed by atoms with Gasteiger partial charge in [0.15, 0.2) is 17.6 Å². The number of anilines is 1. The SMILES string of the molecule is C[C@H](OC(=O)Cc1c(Cl)cccc1Cl)C(=O)Nc1ccc2c(c1)OCCO2. The largest absolute Gasteiger partial charge is 0.486 e. The fourth-order valence-corrected chi connectivity index (χ4v) is 3.03. The highest BCUT2D eigenvalue weighted by Gasteiger charge is 2.21. The number of carbonyl (C=O) groups is 2. The van der Waals surface area contributed by atoms with Crippen LogP contribution in [0.4, 0.5) is 5.69 Å². The van der Waals surface area contributed by atoms with Crippen LogP contribution in [0.25, 0.3) is 0 Å². The van der Waals surface area contributed by atoms with E-state index in [2.05, 4.69) is 5.32 Å². The molecule has 1 amide bonds. The zero-order valence-electron chi connectivity index (χ0n) is 14.5. The van der Waals surface area contributed by atoms with E-state index in [4.69, 9.17) is 37.4 Å². The lowest BCUT2D eigenvalue weighted by molar-refractivity contribution is -0.152. The number of amides is 1. The third-order valence-corrected chi connectivity index (χ3v) is 4.58. The maximum Gasteiger partial charge on any atom is 0.311 e. The molecular weight excluding hydrogens is 393 g/mol. The molecule has 0 unspecified atom stereocenters. The van der Waals surface area contributed by atoms with E-state index in [1.165, 1.54) is 6.92 Å². The summed E-state index contributed by atoms with van der Waals surface area (Å²) in [7, 11) is 0. The lowest BCUT2D eigenvalue weighted by Gasteiger charge is -2.19. The van der Waals surface area contributed by atoms with Gasteiger partial charge >= 0.3 is 5.97 Å². The van der Waals surface area contributed by atoms with Gasteiger partial charge in [-0.3, -0.25) is 9.59 Å². The molecule has 0 spiro atoms. The van der Waals surface area contributed by atoms with Gasteiger partial charge in [0.2, 0.25) is 0 Å². The van der Waals surface area contributed by atoms with Crippen LogP contribution in [0.5, 0.6) is 11.5 Å². The number of halogens is 2. The normalized spacial score (nSPS) is 13.6. The summed E-state index contributed by atoms with van der Waals surface area (Å²) in [5.74, 6) is 0.104. The summed E-state index contributed by atoms with van der Waals surface area (Å²) in [5, 5.41) is 3.42. The second-order valence-electron chi connectivity index (χ2n) is 5.86. The van der Waals surface area contributed by atoms with Gasteiger partial charge in [-0.15, -0.1) is 0 Å². The van der Waals surface area contributed by atoms with Gasteiger partial charge in [-0.1, -0.05) is 29.3 Å². The van der Waals surface area contributed by atoms with Crippen LogP contribution in [0, 0.1) is 0 Å². The molecule has 0 aliphatic carbocycles. The first kappa shape index (κ1) is 19.3. The van der Waals surface area contributed by atoms with Crippen LogP contribution in [-0.2, 0) is 20.7 Å². The summed E-state index contributed by atoms with van der Waals surface area (Å²) in [6.07, 6.45) is -1.12. The van der Waals surface area contributed by atoms with E-state index in [9.17, 15) is 9.59 Å². The quantitative estimate of drug-likeness (QED) is 0.758. The Morgan fingerprint density at radius 2 is 1.78 bits per heavy atom. The zero-order chi connectivity index (χ0) is 19.4. The molecule has 2 aromatic carbocycles. The molecule has 142 valence electrons. The molecule has 0 aromatic heterocycles. The van der Waals surface area contributed by atoms with Gasteiger partial charge in [0.05, 0.1) is 6.42 Å². The van der Waals surface area contributed by atoms with Crippen molar-refractivity contribution in [1.82, 2.24) is 0 Å². The summed E-state index contributed by atoms with van der Waals surface area (Å²) in [5.41, 5.74) is 0.978. The number of hydrogen-bond donors (Lipinski definition) is 1. The molecule has 0 saturated carbocycles. The Morgan fingerprint density at radius 3 is 2.48 bits per heavy atom. The van der Waals surface area contributed by atoms with Crippen LogP contribution in [0.3, 0.4) is 0 Å². The molecule has 0 bridgehead atoms. The molecular formula is C19H17Cl2NO5. The lowest BCUT2D eigenvalue weighted by atomic mass is 10.1. The van der Waals surface area contributed by atoms with Crippen LogP contribution >= 0.6 is 23.2 Å². The van der Waals surface area contributed by atoms with E-state index >= 15 is 0 Å². The van der Waals surface area contributed by atoms with Crippen molar-refractivity contribution in [2.45, 2.75) is 19.4 Å². The van der Waals surface area contributed by atoms with Crippen molar-refractivity contribution in [1.29, 1.82) is 0 Å². The molecule has 27 heavy (non-hydrogen) atoms. The van der Waals surface area contributed by atoms with E-state index in [-0.39, 0.29) is 6.42 Å². The molecule has 0 fully saturated rings. The van der Waals surface area contributed by atoms with E-state index < -0.39 is 18.0 Å². The number of esters is 1. The minimum atomic E-state index is -0.994. The van der Waals surface area contributed by atoms with Crippen molar-refractivity contribution >= 4 is 40.8 Å². The predicted octanol–water partition coefficient (Wildman–Crippen LogP) is 3.88. The third kappa shape index (κ3) is 4.84. The Morgan fingerprint density at radius 1 is 1.11 bits per heavy atom. The smallest absolute Gasteiger partial charge is 0.311 e. The number of benzene rings is 2. The number of ether oxygens (including phenoxy) is 3. The highest BCUT2D eigenvalue weighted by molar-refractivity contribution is 6.36. The van der Waals surface area contributed by atoms with Crippen LogP contribution in [0.2, 0.25) is 10.0 Å². The number of rotatable bonds is 5. The summed E-state index contributed by atoms with van der Waals surface area (Å²) in [4.78, 5) is 24.4. The Bertz CT molecular complexity index is 851. The monoisotopic (exact) mass is 409 g/mol. The standard InChI is InChI=1S/C19H17Cl2NO5/c1-11(27-18(23)10-13-14(20)3-2-4-15(13)21)19(24)22-12-5-6-16-17(9-12)26-8-7-25-16/h2-6,9,11H,7-8,10H2,1H3,(H,22,24)/t11-/m0/s1. The molecule has 1 atom stereocenters. The molecule has 0 radical (unpaired) electrons. The molecule has 6 nitrogen and oxygen atoms in total. The molecule has 3 rings (SSSR count). The van der Waals surface area contributed by atoms with Gasteiger partial charge in [-0.25, -0.2) is 0 Å². The van der Waals surface area contributed by atoms with E-state index in [1.807, 2.05) is 0 Å². The van der Waals surface area contributed by atoms with Crippen LogP contribution < -0.4 is 14.8 Å². The first-order valence-corrected chi connectivity index (χ1v) is 9.02. The summed E-state index contributed by atoms with van der Waals surface area (Å²) < 4.78 is 16.1. The highest BCUT2D eigenvalue weighted by atomic mass is 35.5. The number of carbonyl (C=O) groups excluding carboxylic acids is 2. The van der Waals surface area contributed by atoms with Crippen LogP contribution in [-0.4, -0.2) is 31.2 Å². The van der Waals surface area contributed by atoms with Crippen LogP contribution in [0.1, 0.15) is 12.5 Å². The van der Waals surface area contributed by atoms with Gasteiger partial charge in [0.25, 0.3) is 5.91 Å². The first-order valence-electron chi connectivity index (χ1n) is 8.27. The van der Waals surface area contributed by atoms with Crippen molar-refractivity contribution in [3.8, 4) is 11.5 Å². The van der Waals surface area contributed by atoms with Crippen molar-refractivity contribution in [3.63, 3.8) is 0 Å². The Labute approximate surface area is 166 Å². The van der Waals surface area contributed by atoms with Gasteiger partial charge in [-0.05, 0) is 31.2 Å². The van der Waals surface area contributed by atoms with Crippen molar-refractivity contribution < 1.29 is 23.8 Å². The molecule has 2 aromatic rings. The summed E-state index contributed by atoms with van der Waals surface area (Å²) >= 11 is 12.1. The average Bonchev–Trinajstić information content (AvgIpc) is 2.64. The predicted molar refractivity (Wildman–Crippen MR) is 102 cm³/mol. The van der Waals surface area contributed by atoms with E-state index in [0.29, 0.717) is 46.0 Å². The second-order valence-corrected chi connectivity index (χ2v) is 6.67. The Hall–Kier alpha value is -2.44. The van der Waals surface area contributed by atoms with Gasteiger partial charge in [0, 0.05) is 27.4 Å². The van der Waals surface area contributed by atoms with Crippen molar-refractivity contribution in [3.05, 3.63) is 52.0 Å². The number of hydrogen-bond acceptors (Lipinski definition) is 5. The molecule has 1 heterocycles. The van der Waals surface area contributed by atoms with Gasteiger partial charge in [0.1, 0.15) is 13.2 Å². The lowest BCUT2D eigenvalue weighted by Crippen LogP contribution is -2.30. The minimum Gasteiger partial charge on any atom is -0.486 e. The molecule has 1 aliphatic heterocycles. The highest BCUT2D eigenvalue weighted by Crippen LogP contribution is 2.32. The van der Waals surface area contributed by atoms with Gasteiger partial charge < -0.3 is 19.5 Å². The van der Waals surface area contributed by atoms with Crippen LogP contribution in [0.15, 0.2) is 36.4 Å². The van der Waals surface area contributed by atoms with Gasteiger partial charge in [-0.2, -0.15) is 0 Å². The maximum absolute atomic E-state index is 12.3. The molecule has 1 N–H and O–H groups in total. The third-order valence-electron chi connectivity index (χ3n) is 3.87. The number of nitrogens with one attached hydrogen (secondary N) is 1. The number of fused-ring (bicyclic) bond motifs is 1. The summed E-state index contributed by atoms with van der Waals surface area (Å²) in [6.45, 7) is 2.42. The molecule has 8 heteroatoms. The van der Waals surface area contributed by atoms with E-state index in [1.54, 1.807) is 36.4 Å². The molecule has 0 saturated heterocycles. The zero-order valence-corrected chi connectivity index (χ0v) is 16.0. The second kappa shape index (κ2) is 8.50.